The molecule has 1 fully saturated rings. The number of hydrogen-bond donors (Lipinski definition) is 1. The van der Waals surface area contributed by atoms with Gasteiger partial charge < -0.3 is 20.3 Å². The third kappa shape index (κ3) is 3.92. The number of carbonyl (C=O) groups is 2. The summed E-state index contributed by atoms with van der Waals surface area (Å²) in [4.78, 5) is 36.8. The number of halogens is 3. The van der Waals surface area contributed by atoms with Crippen LogP contribution in [-0.2, 0) is 0 Å². The third-order valence-corrected chi connectivity index (χ3v) is 5.10. The van der Waals surface area contributed by atoms with Crippen LogP contribution in [0.25, 0.3) is 0 Å². The molecule has 1 aromatic carbocycles. The van der Waals surface area contributed by atoms with Gasteiger partial charge in [-0.2, -0.15) is 13.2 Å². The van der Waals surface area contributed by atoms with Gasteiger partial charge in [0.2, 0.25) is 5.88 Å². The predicted molar refractivity (Wildman–Crippen MR) is 105 cm³/mol. The Morgan fingerprint density at radius 3 is 2.61 bits per heavy atom. The molecule has 164 valence electrons. The molecule has 12 heteroatoms. The Bertz CT molecular complexity index is 1050. The maximum Gasteiger partial charge on any atom is 0.406 e. The number of rotatable bonds is 3. The zero-order chi connectivity index (χ0) is 22.3. The van der Waals surface area contributed by atoms with Crippen molar-refractivity contribution in [3.8, 4) is 5.88 Å². The largest absolute Gasteiger partial charge is 0.475 e. The van der Waals surface area contributed by atoms with E-state index in [0.717, 1.165) is 4.90 Å². The van der Waals surface area contributed by atoms with Gasteiger partial charge in [0.25, 0.3) is 5.91 Å². The third-order valence-electron chi connectivity index (χ3n) is 5.10. The maximum absolute atomic E-state index is 13.0. The molecular weight excluding hydrogens is 417 g/mol. The topological polar surface area (TPSA) is 105 Å². The minimum atomic E-state index is -4.46. The zero-order valence-electron chi connectivity index (χ0n) is 16.5. The van der Waals surface area contributed by atoms with Gasteiger partial charge in [0.05, 0.1) is 6.54 Å². The van der Waals surface area contributed by atoms with Crippen LogP contribution >= 0.6 is 0 Å². The average molecular weight is 436 g/mol. The summed E-state index contributed by atoms with van der Waals surface area (Å²) in [5.74, 6) is -0.310. The van der Waals surface area contributed by atoms with E-state index in [9.17, 15) is 22.8 Å². The monoisotopic (exact) mass is 436 g/mol. The number of nitrogen functional groups attached to an aromatic ring is 1. The maximum atomic E-state index is 13.0. The molecule has 2 aliphatic heterocycles. The molecule has 0 radical (unpaired) electrons. The van der Waals surface area contributed by atoms with E-state index < -0.39 is 24.7 Å². The highest BCUT2D eigenvalue weighted by atomic mass is 19.4. The van der Waals surface area contributed by atoms with E-state index in [1.54, 1.807) is 25.1 Å². The zero-order valence-corrected chi connectivity index (χ0v) is 16.5. The Morgan fingerprint density at radius 1 is 1.13 bits per heavy atom. The highest BCUT2D eigenvalue weighted by Crippen LogP contribution is 2.32. The van der Waals surface area contributed by atoms with Crippen LogP contribution in [0.2, 0.25) is 0 Å². The first-order valence-corrected chi connectivity index (χ1v) is 9.44. The Hall–Kier alpha value is -3.57. The Balaban J connectivity index is 1.59. The van der Waals surface area contributed by atoms with Crippen molar-refractivity contribution in [3.05, 3.63) is 35.7 Å². The van der Waals surface area contributed by atoms with Crippen LogP contribution < -0.4 is 20.3 Å². The summed E-state index contributed by atoms with van der Waals surface area (Å²) in [6, 6.07) is 4.24. The lowest BCUT2D eigenvalue weighted by atomic mass is 10.1. The van der Waals surface area contributed by atoms with Crippen molar-refractivity contribution in [2.24, 2.45) is 0 Å². The molecule has 4 rings (SSSR count). The van der Waals surface area contributed by atoms with Gasteiger partial charge in [-0.3, -0.25) is 9.69 Å². The Morgan fingerprint density at radius 2 is 1.90 bits per heavy atom. The normalized spacial score (nSPS) is 17.0. The fourth-order valence-corrected chi connectivity index (χ4v) is 3.69. The van der Waals surface area contributed by atoms with E-state index in [1.807, 2.05) is 0 Å². The second-order valence-electron chi connectivity index (χ2n) is 7.19. The quantitative estimate of drug-likeness (QED) is 0.791. The molecule has 1 saturated heterocycles. The lowest BCUT2D eigenvalue weighted by Gasteiger charge is -2.24. The molecule has 31 heavy (non-hydrogen) atoms. The molecule has 0 bridgehead atoms. The molecule has 3 amide bonds. The summed E-state index contributed by atoms with van der Waals surface area (Å²) in [5, 5.41) is 0. The minimum absolute atomic E-state index is 0.00246. The average Bonchev–Trinajstić information content (AvgIpc) is 2.93. The number of aryl methyl sites for hydroxylation is 1. The van der Waals surface area contributed by atoms with Gasteiger partial charge >= 0.3 is 12.2 Å². The number of benzene rings is 1. The molecule has 0 atom stereocenters. The van der Waals surface area contributed by atoms with Crippen molar-refractivity contribution >= 4 is 29.1 Å². The van der Waals surface area contributed by atoms with Crippen LogP contribution in [0.4, 0.5) is 35.2 Å². The van der Waals surface area contributed by atoms with E-state index in [1.165, 1.54) is 16.1 Å². The van der Waals surface area contributed by atoms with Gasteiger partial charge in [0.15, 0.2) is 0 Å². The van der Waals surface area contributed by atoms with Crippen molar-refractivity contribution in [1.82, 2.24) is 14.9 Å². The van der Waals surface area contributed by atoms with E-state index in [2.05, 4.69) is 9.97 Å². The fraction of sp³-hybridized carbons (Fsp3) is 0.368. The number of urea groups is 1. The molecule has 3 heterocycles. The first-order chi connectivity index (χ1) is 14.7. The Labute approximate surface area is 175 Å². The van der Waals surface area contributed by atoms with E-state index in [-0.39, 0.29) is 43.5 Å². The van der Waals surface area contributed by atoms with Crippen LogP contribution in [0.3, 0.4) is 0 Å². The summed E-state index contributed by atoms with van der Waals surface area (Å²) < 4.78 is 43.5. The molecule has 0 spiro atoms. The van der Waals surface area contributed by atoms with Crippen molar-refractivity contribution in [2.75, 3.05) is 48.3 Å². The fourth-order valence-electron chi connectivity index (χ4n) is 3.69. The lowest BCUT2D eigenvalue weighted by Crippen LogP contribution is -2.38. The number of hydrogen-bond acceptors (Lipinski definition) is 6. The van der Waals surface area contributed by atoms with Crippen molar-refractivity contribution in [1.29, 1.82) is 0 Å². The van der Waals surface area contributed by atoms with Crippen LogP contribution in [0.1, 0.15) is 15.9 Å². The van der Waals surface area contributed by atoms with Crippen molar-refractivity contribution in [2.45, 2.75) is 13.1 Å². The molecule has 2 N–H and O–H groups in total. The number of alkyl halides is 3. The lowest BCUT2D eigenvalue weighted by molar-refractivity contribution is -0.138. The van der Waals surface area contributed by atoms with Crippen molar-refractivity contribution < 1.29 is 27.5 Å². The molecule has 0 unspecified atom stereocenters. The summed E-state index contributed by atoms with van der Waals surface area (Å²) in [5.41, 5.74) is 7.56. The molecular formula is C19H19F3N6O3. The van der Waals surface area contributed by atoms with Crippen LogP contribution in [-0.4, -0.2) is 65.8 Å². The SMILES string of the molecule is Cc1cc(N2CCOc3ncnc(N)c3C2=O)ccc1N1CCN(CC(F)(F)F)C1=O. The number of amides is 3. The number of nitrogens with zero attached hydrogens (tertiary/aromatic N) is 5. The second kappa shape index (κ2) is 7.60. The molecule has 2 aliphatic rings. The molecule has 2 aromatic rings. The molecule has 0 aliphatic carbocycles. The number of ether oxygens (including phenoxy) is 1. The van der Waals surface area contributed by atoms with Gasteiger partial charge in [-0.25, -0.2) is 14.8 Å². The Kier molecular flexibility index (Phi) is 5.07. The standard InChI is InChI=1S/C19H19F3N6O3/c1-11-8-12(27-6-7-31-16-14(17(27)29)15(23)24-10-25-16)2-3-13(11)28-5-4-26(18(28)30)9-19(20,21)22/h2-3,8,10H,4-7,9H2,1H3,(H2,23,24,25). The van der Waals surface area contributed by atoms with Crippen LogP contribution in [0.15, 0.2) is 24.5 Å². The number of carbonyl (C=O) groups excluding carboxylic acids is 2. The van der Waals surface area contributed by atoms with E-state index in [4.69, 9.17) is 10.5 Å². The second-order valence-corrected chi connectivity index (χ2v) is 7.19. The number of aromatic nitrogens is 2. The summed E-state index contributed by atoms with van der Waals surface area (Å²) >= 11 is 0. The summed E-state index contributed by atoms with van der Waals surface area (Å²) in [7, 11) is 0. The summed E-state index contributed by atoms with van der Waals surface area (Å²) in [6.45, 7) is 0.986. The smallest absolute Gasteiger partial charge is 0.406 e. The summed E-state index contributed by atoms with van der Waals surface area (Å²) in [6.07, 6.45) is -3.24. The predicted octanol–water partition coefficient (Wildman–Crippen LogP) is 2.21. The first-order valence-electron chi connectivity index (χ1n) is 9.44. The number of fused-ring (bicyclic) bond motifs is 1. The van der Waals surface area contributed by atoms with Gasteiger partial charge in [0, 0.05) is 24.5 Å². The van der Waals surface area contributed by atoms with E-state index >= 15 is 0 Å². The highest BCUT2D eigenvalue weighted by Gasteiger charge is 2.39. The van der Waals surface area contributed by atoms with Crippen LogP contribution in [0, 0.1) is 6.92 Å². The molecule has 1 aromatic heterocycles. The number of nitrogens with two attached hydrogens (primary N) is 1. The minimum Gasteiger partial charge on any atom is -0.475 e. The van der Waals surface area contributed by atoms with Gasteiger partial charge in [-0.1, -0.05) is 0 Å². The molecule has 9 nitrogen and oxygen atoms in total. The first kappa shape index (κ1) is 20.7. The van der Waals surface area contributed by atoms with Crippen molar-refractivity contribution in [3.63, 3.8) is 0 Å². The van der Waals surface area contributed by atoms with E-state index in [0.29, 0.717) is 16.9 Å². The van der Waals surface area contributed by atoms with Gasteiger partial charge in [-0.15, -0.1) is 0 Å². The molecule has 0 saturated carbocycles. The van der Waals surface area contributed by atoms with Gasteiger partial charge in [0.1, 0.15) is 30.9 Å². The number of anilines is 3. The highest BCUT2D eigenvalue weighted by molar-refractivity contribution is 6.10. The van der Waals surface area contributed by atoms with Gasteiger partial charge in [-0.05, 0) is 30.7 Å². The van der Waals surface area contributed by atoms with Crippen LogP contribution in [0.5, 0.6) is 5.88 Å².